The van der Waals surface area contributed by atoms with Gasteiger partial charge in [-0.05, 0) is 0 Å². The van der Waals surface area contributed by atoms with Gasteiger partial charge in [0.05, 0.1) is 0 Å². The molecule has 3 heteroatoms. The van der Waals surface area contributed by atoms with E-state index in [1.54, 1.807) is 0 Å². The van der Waals surface area contributed by atoms with Crippen LogP contribution in [0.2, 0.25) is 13.3 Å². The zero-order valence-electron chi connectivity index (χ0n) is 15.0. The van der Waals surface area contributed by atoms with Crippen molar-refractivity contribution in [2.24, 2.45) is 0 Å². The molecule has 0 atom stereocenters. The molecule has 0 saturated carbocycles. The van der Waals surface area contributed by atoms with Crippen LogP contribution < -0.4 is 0 Å². The average Bonchev–Trinajstić information content (AvgIpc) is 2.49. The maximum absolute atomic E-state index is 12.5. The van der Waals surface area contributed by atoms with E-state index in [9.17, 15) is 4.79 Å². The first-order chi connectivity index (χ1) is 10.1. The van der Waals surface area contributed by atoms with Gasteiger partial charge in [0, 0.05) is 0 Å². The first-order valence-electron chi connectivity index (χ1n) is 8.95. The van der Waals surface area contributed by atoms with Gasteiger partial charge in [-0.3, -0.25) is 0 Å². The van der Waals surface area contributed by atoms with E-state index in [0.717, 1.165) is 3.59 Å². The quantitative estimate of drug-likeness (QED) is 0.231. The summed E-state index contributed by atoms with van der Waals surface area (Å²) in [6, 6.07) is 0. The average molecular weight is 403 g/mol. The number of hydrogen-bond donors (Lipinski definition) is 0. The Bertz CT molecular complexity index is 289. The first-order valence-corrected chi connectivity index (χ1v) is 16.4. The van der Waals surface area contributed by atoms with Crippen LogP contribution in [0.25, 0.3) is 0 Å². The SMILES string of the molecule is C/C=[C](/C(=O)OCC)[Sn]([CH2]CCC)([CH2]CCC)[CH2]CCC. The number of unbranched alkanes of at least 4 members (excludes halogenated alkanes) is 3. The van der Waals surface area contributed by atoms with E-state index >= 15 is 0 Å². The van der Waals surface area contributed by atoms with Gasteiger partial charge in [-0.1, -0.05) is 0 Å². The molecule has 0 radical (unpaired) electrons. The Morgan fingerprint density at radius 2 is 1.33 bits per heavy atom. The number of rotatable bonds is 12. The molecule has 2 nitrogen and oxygen atoms in total. The fraction of sp³-hybridized carbons (Fsp3) is 0.833. The van der Waals surface area contributed by atoms with Gasteiger partial charge < -0.3 is 0 Å². The van der Waals surface area contributed by atoms with Crippen molar-refractivity contribution in [3.05, 3.63) is 9.67 Å². The van der Waals surface area contributed by atoms with Gasteiger partial charge in [0.15, 0.2) is 0 Å². The van der Waals surface area contributed by atoms with Crippen molar-refractivity contribution >= 4 is 24.3 Å². The molecule has 0 aromatic rings. The van der Waals surface area contributed by atoms with Gasteiger partial charge in [-0.25, -0.2) is 0 Å². The molecule has 0 aliphatic rings. The van der Waals surface area contributed by atoms with E-state index in [0.29, 0.717) is 6.61 Å². The molecule has 0 amide bonds. The van der Waals surface area contributed by atoms with Crippen LogP contribution in [0.1, 0.15) is 73.1 Å². The Balaban J connectivity index is 5.38. The fourth-order valence-electron chi connectivity index (χ4n) is 3.17. The van der Waals surface area contributed by atoms with Crippen molar-refractivity contribution < 1.29 is 9.53 Å². The minimum atomic E-state index is -2.59. The van der Waals surface area contributed by atoms with Gasteiger partial charge in [0.1, 0.15) is 0 Å². The Hall–Kier alpha value is 0.00870. The molecule has 0 aromatic carbocycles. The molecule has 0 saturated heterocycles. The monoisotopic (exact) mass is 404 g/mol. The number of carbonyl (C=O) groups is 1. The molecule has 0 fully saturated rings. The first kappa shape index (κ1) is 21.0. The molecule has 0 heterocycles. The molecule has 0 bridgehead atoms. The molecule has 0 spiro atoms. The van der Waals surface area contributed by atoms with Crippen LogP contribution in [0.15, 0.2) is 9.67 Å². The molecule has 0 aliphatic heterocycles. The van der Waals surface area contributed by atoms with Crippen molar-refractivity contribution in [1.29, 1.82) is 0 Å². The third-order valence-electron chi connectivity index (χ3n) is 4.38. The molecule has 0 unspecified atom stereocenters. The summed E-state index contributed by atoms with van der Waals surface area (Å²) in [4.78, 5) is 12.5. The van der Waals surface area contributed by atoms with Crippen LogP contribution in [0, 0.1) is 0 Å². The standard InChI is InChI=1S/C6H9O2.3C4H9.Sn/c1-3-5-6(7)8-4-2;3*1-3-4-2;/h3H,4H2,1-2H3;3*1,3-4H2,2H3;. The summed E-state index contributed by atoms with van der Waals surface area (Å²) in [6.45, 7) is 11.2. The molecular formula is C18H36O2Sn. The normalized spacial score (nSPS) is 12.5. The van der Waals surface area contributed by atoms with Crippen LogP contribution in [-0.2, 0) is 9.53 Å². The number of ether oxygens (including phenoxy) is 1. The molecule has 0 rings (SSSR count). The summed E-state index contributed by atoms with van der Waals surface area (Å²) < 4.78 is 10.5. The van der Waals surface area contributed by atoms with Crippen LogP contribution in [0.4, 0.5) is 0 Å². The Morgan fingerprint density at radius 1 is 0.905 bits per heavy atom. The number of hydrogen-bond acceptors (Lipinski definition) is 2. The van der Waals surface area contributed by atoms with E-state index in [1.807, 2.05) is 13.8 Å². The van der Waals surface area contributed by atoms with E-state index in [2.05, 4.69) is 26.8 Å². The zero-order chi connectivity index (χ0) is 16.1. The van der Waals surface area contributed by atoms with E-state index in [1.165, 1.54) is 51.8 Å². The van der Waals surface area contributed by atoms with Gasteiger partial charge in [0.25, 0.3) is 0 Å². The van der Waals surface area contributed by atoms with E-state index < -0.39 is 18.4 Å². The van der Waals surface area contributed by atoms with Crippen molar-refractivity contribution in [3.8, 4) is 0 Å². The second-order valence-corrected chi connectivity index (χ2v) is 19.1. The predicted octanol–water partition coefficient (Wildman–Crippen LogP) is 5.88. The Labute approximate surface area is 136 Å². The maximum atomic E-state index is 12.5. The van der Waals surface area contributed by atoms with Gasteiger partial charge in [-0.2, -0.15) is 0 Å². The molecule has 0 aliphatic carbocycles. The second-order valence-electron chi connectivity index (χ2n) is 6.01. The third-order valence-corrected chi connectivity index (χ3v) is 20.3. The van der Waals surface area contributed by atoms with Crippen LogP contribution in [0.5, 0.6) is 0 Å². The van der Waals surface area contributed by atoms with Gasteiger partial charge >= 0.3 is 137 Å². The summed E-state index contributed by atoms with van der Waals surface area (Å²) in [5.74, 6) is -0.000825. The van der Waals surface area contributed by atoms with Crippen molar-refractivity contribution in [1.82, 2.24) is 0 Å². The number of carbonyl (C=O) groups excluding carboxylic acids is 1. The second kappa shape index (κ2) is 12.5. The zero-order valence-corrected chi connectivity index (χ0v) is 17.8. The van der Waals surface area contributed by atoms with Gasteiger partial charge in [0.2, 0.25) is 0 Å². The molecule has 0 N–H and O–H groups in total. The molecule has 124 valence electrons. The van der Waals surface area contributed by atoms with Crippen LogP contribution in [0.3, 0.4) is 0 Å². The number of allylic oxidation sites excluding steroid dienone is 1. The summed E-state index contributed by atoms with van der Waals surface area (Å²) >= 11 is -2.59. The van der Waals surface area contributed by atoms with Crippen LogP contribution in [-0.4, -0.2) is 31.0 Å². The van der Waals surface area contributed by atoms with Crippen molar-refractivity contribution in [3.63, 3.8) is 0 Å². The Kier molecular flexibility index (Phi) is 12.5. The summed E-state index contributed by atoms with van der Waals surface area (Å²) in [5, 5.41) is 0. The van der Waals surface area contributed by atoms with E-state index in [4.69, 9.17) is 4.74 Å². The Morgan fingerprint density at radius 3 is 1.62 bits per heavy atom. The van der Waals surface area contributed by atoms with Crippen LogP contribution >= 0.6 is 0 Å². The number of esters is 1. The molecule has 0 aromatic heterocycles. The molecular weight excluding hydrogens is 367 g/mol. The minimum absolute atomic E-state index is 0.000825. The van der Waals surface area contributed by atoms with E-state index in [-0.39, 0.29) is 5.97 Å². The predicted molar refractivity (Wildman–Crippen MR) is 95.3 cm³/mol. The fourth-order valence-corrected chi connectivity index (χ4v) is 19.6. The third kappa shape index (κ3) is 7.21. The summed E-state index contributed by atoms with van der Waals surface area (Å²) in [6.07, 6.45) is 9.64. The molecule has 21 heavy (non-hydrogen) atoms. The summed E-state index contributed by atoms with van der Waals surface area (Å²) in [5.41, 5.74) is 0. The topological polar surface area (TPSA) is 26.3 Å². The van der Waals surface area contributed by atoms with Crippen molar-refractivity contribution in [2.75, 3.05) is 6.61 Å². The summed E-state index contributed by atoms with van der Waals surface area (Å²) in [7, 11) is 0. The van der Waals surface area contributed by atoms with Crippen molar-refractivity contribution in [2.45, 2.75) is 86.5 Å². The van der Waals surface area contributed by atoms with Gasteiger partial charge in [-0.15, -0.1) is 0 Å².